The number of ether oxygens (including phenoxy) is 1. The molecule has 0 unspecified atom stereocenters. The average molecular weight is 297 g/mol. The maximum absolute atomic E-state index is 11.8. The Morgan fingerprint density at radius 3 is 2.85 bits per heavy atom. The Balaban J connectivity index is 2.04. The zero-order valence-electron chi connectivity index (χ0n) is 12.1. The third kappa shape index (κ3) is 3.43. The molecule has 0 atom stereocenters. The van der Waals surface area contributed by atoms with Crippen LogP contribution in [0.2, 0.25) is 0 Å². The predicted octanol–water partition coefficient (Wildman–Crippen LogP) is 2.41. The van der Waals surface area contributed by atoms with E-state index in [2.05, 4.69) is 10.6 Å². The topological polar surface area (TPSA) is 76.4 Å². The van der Waals surface area contributed by atoms with Gasteiger partial charge in [0.15, 0.2) is 0 Å². The van der Waals surface area contributed by atoms with Crippen LogP contribution in [0.1, 0.15) is 47.3 Å². The fraction of sp³-hybridized carbons (Fsp3) is 0.643. The number of anilines is 2. The minimum atomic E-state index is -0.100. The van der Waals surface area contributed by atoms with Crippen LogP contribution in [-0.2, 0) is 4.74 Å². The molecule has 1 saturated carbocycles. The summed E-state index contributed by atoms with van der Waals surface area (Å²) in [6, 6.07) is 0. The number of carbonyl (C=O) groups excluding carboxylic acids is 1. The summed E-state index contributed by atoms with van der Waals surface area (Å²) in [6.07, 6.45) is 3.29. The second kappa shape index (κ2) is 6.95. The average Bonchev–Trinajstić information content (AvgIpc) is 3.22. The van der Waals surface area contributed by atoms with Crippen LogP contribution >= 0.6 is 11.3 Å². The quantitative estimate of drug-likeness (QED) is 0.644. The van der Waals surface area contributed by atoms with Gasteiger partial charge in [-0.15, -0.1) is 11.3 Å². The van der Waals surface area contributed by atoms with Gasteiger partial charge in [-0.05, 0) is 32.1 Å². The van der Waals surface area contributed by atoms with Gasteiger partial charge in [-0.25, -0.2) is 0 Å². The lowest BCUT2D eigenvalue weighted by atomic mass is 10.1. The second-order valence-electron chi connectivity index (χ2n) is 4.92. The molecular weight excluding hydrogens is 274 g/mol. The highest BCUT2D eigenvalue weighted by atomic mass is 32.1. The van der Waals surface area contributed by atoms with Crippen LogP contribution in [0, 0.1) is 0 Å². The lowest BCUT2D eigenvalue weighted by Crippen LogP contribution is -2.17. The largest absolute Gasteiger partial charge is 0.397 e. The zero-order valence-corrected chi connectivity index (χ0v) is 12.9. The van der Waals surface area contributed by atoms with Gasteiger partial charge in [-0.1, -0.05) is 0 Å². The summed E-state index contributed by atoms with van der Waals surface area (Å²) < 4.78 is 5.32. The van der Waals surface area contributed by atoms with Crippen molar-refractivity contribution in [1.29, 1.82) is 0 Å². The Kier molecular flexibility index (Phi) is 5.25. The normalized spacial score (nSPS) is 14.3. The summed E-state index contributed by atoms with van der Waals surface area (Å²) in [5.41, 5.74) is 7.96. The Labute approximate surface area is 123 Å². The van der Waals surface area contributed by atoms with Crippen LogP contribution in [0.15, 0.2) is 0 Å². The molecule has 20 heavy (non-hydrogen) atoms. The lowest BCUT2D eigenvalue weighted by Gasteiger charge is -2.07. The SMILES string of the molecule is CCOCCCNc1sc(C(=O)NC)c(N)c1C1CC1. The Morgan fingerprint density at radius 1 is 1.50 bits per heavy atom. The van der Waals surface area contributed by atoms with Gasteiger partial charge in [0.25, 0.3) is 5.91 Å². The Bertz CT molecular complexity index is 469. The number of hydrogen-bond donors (Lipinski definition) is 3. The molecular formula is C14H23N3O2S. The van der Waals surface area contributed by atoms with Gasteiger partial charge in [0, 0.05) is 32.4 Å². The summed E-state index contributed by atoms with van der Waals surface area (Å²) >= 11 is 1.46. The summed E-state index contributed by atoms with van der Waals surface area (Å²) in [4.78, 5) is 12.5. The molecule has 1 aliphatic rings. The molecule has 112 valence electrons. The lowest BCUT2D eigenvalue weighted by molar-refractivity contribution is 0.0968. The molecule has 6 heteroatoms. The third-order valence-electron chi connectivity index (χ3n) is 3.36. The first-order valence-electron chi connectivity index (χ1n) is 7.14. The van der Waals surface area contributed by atoms with E-state index in [0.29, 0.717) is 16.5 Å². The minimum Gasteiger partial charge on any atom is -0.397 e. The fourth-order valence-electron chi connectivity index (χ4n) is 2.17. The van der Waals surface area contributed by atoms with Gasteiger partial charge in [-0.3, -0.25) is 4.79 Å². The molecule has 0 radical (unpaired) electrons. The van der Waals surface area contributed by atoms with Crippen LogP contribution in [0.5, 0.6) is 0 Å². The highest BCUT2D eigenvalue weighted by molar-refractivity contribution is 7.18. The van der Waals surface area contributed by atoms with Crippen LogP contribution in [0.4, 0.5) is 10.7 Å². The van der Waals surface area contributed by atoms with Gasteiger partial charge in [-0.2, -0.15) is 0 Å². The molecule has 1 aromatic rings. The molecule has 1 aromatic heterocycles. The third-order valence-corrected chi connectivity index (χ3v) is 4.54. The van der Waals surface area contributed by atoms with Crippen molar-refractivity contribution in [1.82, 2.24) is 5.32 Å². The van der Waals surface area contributed by atoms with Gasteiger partial charge < -0.3 is 21.1 Å². The van der Waals surface area contributed by atoms with E-state index < -0.39 is 0 Å². The highest BCUT2D eigenvalue weighted by Crippen LogP contribution is 2.50. The predicted molar refractivity (Wildman–Crippen MR) is 83.7 cm³/mol. The zero-order chi connectivity index (χ0) is 14.5. The summed E-state index contributed by atoms with van der Waals surface area (Å²) in [5.74, 6) is 0.427. The van der Waals surface area contributed by atoms with Gasteiger partial charge >= 0.3 is 0 Å². The van der Waals surface area contributed by atoms with E-state index >= 15 is 0 Å². The van der Waals surface area contributed by atoms with E-state index in [9.17, 15) is 4.79 Å². The molecule has 1 amide bonds. The second-order valence-corrected chi connectivity index (χ2v) is 5.94. The Morgan fingerprint density at radius 2 is 2.25 bits per heavy atom. The number of hydrogen-bond acceptors (Lipinski definition) is 5. The summed E-state index contributed by atoms with van der Waals surface area (Å²) in [5, 5.41) is 7.12. The molecule has 0 aromatic carbocycles. The highest BCUT2D eigenvalue weighted by Gasteiger charge is 2.32. The fourth-order valence-corrected chi connectivity index (χ4v) is 3.35. The molecule has 0 aliphatic heterocycles. The van der Waals surface area contributed by atoms with E-state index in [1.54, 1.807) is 7.05 Å². The molecule has 1 fully saturated rings. The van der Waals surface area contributed by atoms with E-state index in [1.807, 2.05) is 6.92 Å². The van der Waals surface area contributed by atoms with Crippen molar-refractivity contribution in [3.05, 3.63) is 10.4 Å². The van der Waals surface area contributed by atoms with Crippen molar-refractivity contribution < 1.29 is 9.53 Å². The first-order chi connectivity index (χ1) is 9.69. The van der Waals surface area contributed by atoms with E-state index in [0.717, 1.165) is 36.7 Å². The van der Waals surface area contributed by atoms with Crippen LogP contribution in [0.25, 0.3) is 0 Å². The van der Waals surface area contributed by atoms with Crippen molar-refractivity contribution >= 4 is 27.9 Å². The number of thiophene rings is 1. The van der Waals surface area contributed by atoms with E-state index in [1.165, 1.54) is 24.2 Å². The number of nitrogen functional groups attached to an aromatic ring is 1. The number of carbonyl (C=O) groups is 1. The summed E-state index contributed by atoms with van der Waals surface area (Å²) in [6.45, 7) is 4.34. The molecule has 0 saturated heterocycles. The van der Waals surface area contributed by atoms with Gasteiger partial charge in [0.05, 0.1) is 10.7 Å². The van der Waals surface area contributed by atoms with Crippen molar-refractivity contribution in [2.24, 2.45) is 0 Å². The summed E-state index contributed by atoms with van der Waals surface area (Å²) in [7, 11) is 1.63. The molecule has 0 bridgehead atoms. The van der Waals surface area contributed by atoms with Gasteiger partial charge in [0.2, 0.25) is 0 Å². The van der Waals surface area contributed by atoms with E-state index in [-0.39, 0.29) is 5.91 Å². The molecule has 1 aliphatic carbocycles. The first kappa shape index (κ1) is 15.1. The number of nitrogens with one attached hydrogen (secondary N) is 2. The monoisotopic (exact) mass is 297 g/mol. The van der Waals surface area contributed by atoms with Crippen LogP contribution in [0.3, 0.4) is 0 Å². The van der Waals surface area contributed by atoms with Crippen LogP contribution in [-0.4, -0.2) is 32.7 Å². The van der Waals surface area contributed by atoms with Crippen molar-refractivity contribution in [2.45, 2.75) is 32.1 Å². The molecule has 0 spiro atoms. The number of rotatable bonds is 8. The molecule has 5 nitrogen and oxygen atoms in total. The smallest absolute Gasteiger partial charge is 0.263 e. The number of amides is 1. The van der Waals surface area contributed by atoms with Crippen molar-refractivity contribution in [3.63, 3.8) is 0 Å². The van der Waals surface area contributed by atoms with Crippen LogP contribution < -0.4 is 16.4 Å². The first-order valence-corrected chi connectivity index (χ1v) is 7.96. The van der Waals surface area contributed by atoms with Crippen molar-refractivity contribution in [2.75, 3.05) is 37.9 Å². The minimum absolute atomic E-state index is 0.100. The maximum atomic E-state index is 11.8. The maximum Gasteiger partial charge on any atom is 0.263 e. The van der Waals surface area contributed by atoms with Crippen molar-refractivity contribution in [3.8, 4) is 0 Å². The van der Waals surface area contributed by atoms with Gasteiger partial charge in [0.1, 0.15) is 4.88 Å². The van der Waals surface area contributed by atoms with E-state index in [4.69, 9.17) is 10.5 Å². The molecule has 2 rings (SSSR count). The molecule has 4 N–H and O–H groups in total. The molecule has 1 heterocycles. The number of nitrogens with two attached hydrogens (primary N) is 1. The Hall–Kier alpha value is -1.27. The standard InChI is InChI=1S/C14H23N3O2S/c1-3-19-8-4-7-17-14-10(9-5-6-9)11(15)12(20-14)13(18)16-2/h9,17H,3-8,15H2,1-2H3,(H,16,18).